The molecule has 0 saturated carbocycles. The zero-order valence-corrected chi connectivity index (χ0v) is 17.2. The number of aromatic hydroxyl groups is 1. The van der Waals surface area contributed by atoms with E-state index in [1.165, 1.54) is 24.3 Å². The molecule has 0 heterocycles. The van der Waals surface area contributed by atoms with Crippen LogP contribution in [-0.2, 0) is 0 Å². The molecule has 8 heteroatoms. The topological polar surface area (TPSA) is 134 Å². The summed E-state index contributed by atoms with van der Waals surface area (Å²) in [5, 5.41) is 22.7. The van der Waals surface area contributed by atoms with Crippen LogP contribution < -0.4 is 11.1 Å². The van der Waals surface area contributed by atoms with Crippen LogP contribution in [0.25, 0.3) is 10.8 Å². The molecule has 0 saturated heterocycles. The molecule has 0 aliphatic rings. The van der Waals surface area contributed by atoms with Crippen LogP contribution in [0.5, 0.6) is 5.75 Å². The molecular weight excluding hydrogens is 420 g/mol. The molecule has 0 aliphatic carbocycles. The number of primary amides is 1. The third-order valence-corrected chi connectivity index (χ3v) is 4.97. The van der Waals surface area contributed by atoms with Crippen LogP contribution in [0.1, 0.15) is 31.1 Å². The number of carbonyl (C=O) groups excluding carboxylic acids is 3. The standard InChI is InChI=1S/C25H18N4O4/c26-24(32)20-12-15-6-4-5-9-19(15)22(23(20)31)29-28-21-13-16(10-11-17(21)14-30)25(33)27-18-7-2-1-3-8-18/h1-14,31H,(H2,26,32)(H,27,33)/b29-28+. The summed E-state index contributed by atoms with van der Waals surface area (Å²) >= 11 is 0. The lowest BCUT2D eigenvalue weighted by Gasteiger charge is -2.09. The molecule has 0 radical (unpaired) electrons. The average Bonchev–Trinajstić information content (AvgIpc) is 2.83. The van der Waals surface area contributed by atoms with E-state index in [4.69, 9.17) is 5.73 Å². The Morgan fingerprint density at radius 2 is 1.64 bits per heavy atom. The van der Waals surface area contributed by atoms with Gasteiger partial charge in [0.05, 0.1) is 11.3 Å². The van der Waals surface area contributed by atoms with Gasteiger partial charge in [0, 0.05) is 22.2 Å². The van der Waals surface area contributed by atoms with E-state index in [0.717, 1.165) is 0 Å². The van der Waals surface area contributed by atoms with Crippen molar-refractivity contribution in [1.29, 1.82) is 0 Å². The molecule has 0 spiro atoms. The van der Waals surface area contributed by atoms with Gasteiger partial charge in [0.1, 0.15) is 5.69 Å². The number of nitrogens with one attached hydrogen (secondary N) is 1. The molecule has 33 heavy (non-hydrogen) atoms. The SMILES string of the molecule is NC(=O)c1cc2ccccc2c(/N=N/c2cc(C(=O)Nc3ccccc3)ccc2C=O)c1O. The van der Waals surface area contributed by atoms with Crippen molar-refractivity contribution in [3.05, 3.63) is 95.6 Å². The van der Waals surface area contributed by atoms with Crippen LogP contribution in [0.15, 0.2) is 89.1 Å². The van der Waals surface area contributed by atoms with Crippen LogP contribution in [-0.4, -0.2) is 23.2 Å². The fourth-order valence-corrected chi connectivity index (χ4v) is 3.31. The van der Waals surface area contributed by atoms with Gasteiger partial charge in [-0.15, -0.1) is 10.2 Å². The van der Waals surface area contributed by atoms with Crippen LogP contribution in [0.3, 0.4) is 0 Å². The molecule has 0 bridgehead atoms. The summed E-state index contributed by atoms with van der Waals surface area (Å²) in [7, 11) is 0. The maximum Gasteiger partial charge on any atom is 0.255 e. The van der Waals surface area contributed by atoms with Gasteiger partial charge in [-0.05, 0) is 41.8 Å². The number of aldehydes is 1. The number of fused-ring (bicyclic) bond motifs is 1. The van der Waals surface area contributed by atoms with E-state index in [1.807, 2.05) is 6.07 Å². The van der Waals surface area contributed by atoms with Crippen molar-refractivity contribution >= 4 is 45.9 Å². The molecule has 0 atom stereocenters. The first-order valence-corrected chi connectivity index (χ1v) is 9.90. The summed E-state index contributed by atoms with van der Waals surface area (Å²) in [5.74, 6) is -1.63. The van der Waals surface area contributed by atoms with Gasteiger partial charge in [0.25, 0.3) is 11.8 Å². The maximum absolute atomic E-state index is 12.6. The first-order chi connectivity index (χ1) is 16.0. The molecule has 4 N–H and O–H groups in total. The molecule has 4 aromatic carbocycles. The van der Waals surface area contributed by atoms with Gasteiger partial charge in [-0.25, -0.2) is 0 Å². The van der Waals surface area contributed by atoms with E-state index in [-0.39, 0.29) is 34.0 Å². The number of amides is 2. The average molecular weight is 438 g/mol. The number of anilines is 1. The van der Waals surface area contributed by atoms with E-state index in [2.05, 4.69) is 15.5 Å². The van der Waals surface area contributed by atoms with Gasteiger partial charge in [-0.1, -0.05) is 42.5 Å². The van der Waals surface area contributed by atoms with Crippen molar-refractivity contribution in [1.82, 2.24) is 0 Å². The number of hydrogen-bond acceptors (Lipinski definition) is 6. The van der Waals surface area contributed by atoms with E-state index >= 15 is 0 Å². The molecule has 4 aromatic rings. The second-order valence-corrected chi connectivity index (χ2v) is 7.12. The van der Waals surface area contributed by atoms with Crippen LogP contribution in [0, 0.1) is 0 Å². The Morgan fingerprint density at radius 1 is 0.909 bits per heavy atom. The predicted octanol–water partition coefficient (Wildman–Crippen LogP) is 5.12. The highest BCUT2D eigenvalue weighted by molar-refractivity contribution is 6.07. The number of rotatable bonds is 6. The van der Waals surface area contributed by atoms with Gasteiger partial charge in [0.2, 0.25) is 0 Å². The number of azo groups is 1. The largest absolute Gasteiger partial charge is 0.505 e. The van der Waals surface area contributed by atoms with Crippen molar-refractivity contribution in [3.8, 4) is 5.75 Å². The Balaban J connectivity index is 1.75. The fraction of sp³-hybridized carbons (Fsp3) is 0. The molecule has 0 aromatic heterocycles. The maximum atomic E-state index is 12.6. The number of nitrogens with zero attached hydrogens (tertiary/aromatic N) is 2. The Hall–Kier alpha value is -4.85. The minimum Gasteiger partial charge on any atom is -0.505 e. The molecule has 0 fully saturated rings. The highest BCUT2D eigenvalue weighted by Gasteiger charge is 2.17. The van der Waals surface area contributed by atoms with Crippen molar-refractivity contribution < 1.29 is 19.5 Å². The Morgan fingerprint density at radius 3 is 2.36 bits per heavy atom. The van der Waals surface area contributed by atoms with Crippen molar-refractivity contribution in [3.63, 3.8) is 0 Å². The second kappa shape index (κ2) is 9.11. The van der Waals surface area contributed by atoms with Crippen molar-refractivity contribution in [2.75, 3.05) is 5.32 Å². The van der Waals surface area contributed by atoms with Crippen LogP contribution in [0.2, 0.25) is 0 Å². The van der Waals surface area contributed by atoms with Gasteiger partial charge in [-0.3, -0.25) is 14.4 Å². The summed E-state index contributed by atoms with van der Waals surface area (Å²) in [4.78, 5) is 35.9. The minimum absolute atomic E-state index is 0.0258. The van der Waals surface area contributed by atoms with Gasteiger partial charge in [-0.2, -0.15) is 0 Å². The van der Waals surface area contributed by atoms with E-state index in [1.54, 1.807) is 48.5 Å². The third kappa shape index (κ3) is 4.45. The van der Waals surface area contributed by atoms with E-state index in [9.17, 15) is 19.5 Å². The summed E-state index contributed by atoms with van der Waals surface area (Å²) in [6.45, 7) is 0. The summed E-state index contributed by atoms with van der Waals surface area (Å²) in [6.07, 6.45) is 0.588. The van der Waals surface area contributed by atoms with Gasteiger partial charge >= 0.3 is 0 Å². The van der Waals surface area contributed by atoms with E-state index in [0.29, 0.717) is 22.7 Å². The molecule has 0 aliphatic heterocycles. The van der Waals surface area contributed by atoms with Crippen LogP contribution in [0.4, 0.5) is 17.1 Å². The number of benzene rings is 4. The highest BCUT2D eigenvalue weighted by atomic mass is 16.3. The minimum atomic E-state index is -0.817. The first kappa shape index (κ1) is 21.4. The van der Waals surface area contributed by atoms with Gasteiger partial charge in [0.15, 0.2) is 12.0 Å². The Bertz CT molecular complexity index is 1420. The number of nitrogens with two attached hydrogens (primary N) is 1. The molecule has 8 nitrogen and oxygen atoms in total. The first-order valence-electron chi connectivity index (χ1n) is 9.90. The lowest BCUT2D eigenvalue weighted by Crippen LogP contribution is -2.11. The Kier molecular flexibility index (Phi) is 5.90. The zero-order chi connectivity index (χ0) is 23.4. The van der Waals surface area contributed by atoms with Crippen molar-refractivity contribution in [2.45, 2.75) is 0 Å². The zero-order valence-electron chi connectivity index (χ0n) is 17.2. The summed E-state index contributed by atoms with van der Waals surface area (Å²) in [5.41, 5.74) is 6.51. The van der Waals surface area contributed by atoms with Gasteiger partial charge < -0.3 is 16.2 Å². The number of hydrogen-bond donors (Lipinski definition) is 3. The lowest BCUT2D eigenvalue weighted by atomic mass is 10.0. The predicted molar refractivity (Wildman–Crippen MR) is 125 cm³/mol. The quantitative estimate of drug-likeness (QED) is 0.284. The van der Waals surface area contributed by atoms with Crippen molar-refractivity contribution in [2.24, 2.45) is 16.0 Å². The molecule has 2 amide bonds. The number of para-hydroxylation sites is 1. The molecule has 4 rings (SSSR count). The monoisotopic (exact) mass is 438 g/mol. The van der Waals surface area contributed by atoms with Crippen LogP contribution >= 0.6 is 0 Å². The smallest absolute Gasteiger partial charge is 0.255 e. The fourth-order valence-electron chi connectivity index (χ4n) is 3.31. The molecular formula is C25H18N4O4. The second-order valence-electron chi connectivity index (χ2n) is 7.12. The highest BCUT2D eigenvalue weighted by Crippen LogP contribution is 2.39. The summed E-state index contributed by atoms with van der Waals surface area (Å²) < 4.78 is 0. The normalized spacial score (nSPS) is 10.9. The summed E-state index contributed by atoms with van der Waals surface area (Å²) in [6, 6.07) is 21.7. The third-order valence-electron chi connectivity index (χ3n) is 4.97. The Labute approximate surface area is 188 Å². The number of phenols is 1. The van der Waals surface area contributed by atoms with E-state index < -0.39 is 11.7 Å². The lowest BCUT2D eigenvalue weighted by molar-refractivity contribution is 0.0995. The molecule has 162 valence electrons. The molecule has 0 unspecified atom stereocenters. The number of carbonyl (C=O) groups is 3.